The van der Waals surface area contributed by atoms with Crippen LogP contribution in [0.1, 0.15) is 67.3 Å². The lowest BCUT2D eigenvalue weighted by Gasteiger charge is -2.39. The summed E-state index contributed by atoms with van der Waals surface area (Å²) in [6.07, 6.45) is 3.03. The number of rotatable bonds is 6. The Morgan fingerprint density at radius 1 is 1.09 bits per heavy atom. The Bertz CT molecular complexity index is 1550. The Balaban J connectivity index is 1.40. The molecule has 1 saturated heterocycles. The Morgan fingerprint density at radius 2 is 1.87 bits per heavy atom. The van der Waals surface area contributed by atoms with E-state index < -0.39 is 6.04 Å². The van der Waals surface area contributed by atoms with Gasteiger partial charge in [-0.15, -0.1) is 0 Å². The third-order valence-corrected chi connectivity index (χ3v) is 7.60. The van der Waals surface area contributed by atoms with E-state index in [-0.39, 0.29) is 55.7 Å². The van der Waals surface area contributed by atoms with E-state index in [2.05, 4.69) is 20.6 Å². The average molecular weight is 631 g/mol. The molecule has 46 heavy (non-hydrogen) atoms. The SMILES string of the molecule is CCN1CC(=O)N[C@H]2CN(C(=O)c3cnc(NC(C)C)nc3)CC[C@@H]2OCc2cccc(c2)Oc2cc(OC(C)C)cc(c2)C1=O. The van der Waals surface area contributed by atoms with Crippen LogP contribution in [0.3, 0.4) is 0 Å². The number of benzene rings is 2. The maximum atomic E-state index is 13.7. The minimum absolute atomic E-state index is 0.117. The Labute approximate surface area is 269 Å². The molecule has 3 amide bonds. The number of fused-ring (bicyclic) bond motifs is 5. The molecule has 2 aromatic carbocycles. The standard InChI is InChI=1S/C34H42N6O6/c1-6-39-19-31(41)38-29-18-40(33(43)25-16-35-34(36-17-25)37-21(2)3)11-10-30(29)44-20-23-8-7-9-26(12-23)46-28-14-24(32(39)42)13-27(15-28)45-22(4)5/h7-9,12-17,21-22,29-30H,6,10-11,18-20H2,1-5H3,(H,38,41)(H,35,36,37)/t29-,30-/m0/s1. The van der Waals surface area contributed by atoms with Crippen LogP contribution in [0.4, 0.5) is 5.95 Å². The van der Waals surface area contributed by atoms with Crippen molar-refractivity contribution in [1.82, 2.24) is 25.1 Å². The molecule has 12 nitrogen and oxygen atoms in total. The highest BCUT2D eigenvalue weighted by molar-refractivity contribution is 5.97. The number of carbonyl (C=O) groups is 3. The van der Waals surface area contributed by atoms with Gasteiger partial charge in [-0.3, -0.25) is 14.4 Å². The van der Waals surface area contributed by atoms with E-state index in [4.69, 9.17) is 14.2 Å². The number of piperidine rings is 1. The minimum Gasteiger partial charge on any atom is -0.491 e. The van der Waals surface area contributed by atoms with Crippen molar-refractivity contribution in [1.29, 1.82) is 0 Å². The fourth-order valence-electron chi connectivity index (χ4n) is 5.47. The van der Waals surface area contributed by atoms with Gasteiger partial charge >= 0.3 is 0 Å². The predicted molar refractivity (Wildman–Crippen MR) is 172 cm³/mol. The first-order valence-electron chi connectivity index (χ1n) is 15.7. The Hall–Kier alpha value is -4.71. The molecule has 2 aliphatic rings. The van der Waals surface area contributed by atoms with E-state index in [9.17, 15) is 14.4 Å². The number of carbonyl (C=O) groups excluding carboxylic acids is 3. The normalized spacial score (nSPS) is 18.9. The first kappa shape index (κ1) is 32.7. The molecule has 1 fully saturated rings. The van der Waals surface area contributed by atoms with Crippen molar-refractivity contribution >= 4 is 23.7 Å². The molecule has 244 valence electrons. The van der Waals surface area contributed by atoms with E-state index in [0.29, 0.717) is 53.8 Å². The Morgan fingerprint density at radius 3 is 2.59 bits per heavy atom. The number of hydrogen-bond donors (Lipinski definition) is 2. The molecule has 2 atom stereocenters. The first-order valence-corrected chi connectivity index (χ1v) is 15.7. The number of nitrogens with one attached hydrogen (secondary N) is 2. The van der Waals surface area contributed by atoms with E-state index in [0.717, 1.165) is 5.56 Å². The quantitative estimate of drug-likeness (QED) is 0.410. The number of likely N-dealkylation sites (N-methyl/N-ethyl adjacent to an activating group) is 1. The molecule has 3 heterocycles. The highest BCUT2D eigenvalue weighted by Crippen LogP contribution is 2.30. The van der Waals surface area contributed by atoms with Crippen molar-refractivity contribution in [3.63, 3.8) is 0 Å². The number of anilines is 1. The summed E-state index contributed by atoms with van der Waals surface area (Å²) in [5.41, 5.74) is 1.58. The fraction of sp³-hybridized carbons (Fsp3) is 0.441. The van der Waals surface area contributed by atoms with E-state index in [1.807, 2.05) is 58.9 Å². The largest absolute Gasteiger partial charge is 0.491 e. The van der Waals surface area contributed by atoms with Crippen LogP contribution in [-0.2, 0) is 16.1 Å². The third kappa shape index (κ3) is 8.30. The maximum Gasteiger partial charge on any atom is 0.257 e. The van der Waals surface area contributed by atoms with Crippen LogP contribution in [0.25, 0.3) is 0 Å². The molecule has 0 aliphatic carbocycles. The van der Waals surface area contributed by atoms with Gasteiger partial charge in [-0.2, -0.15) is 0 Å². The van der Waals surface area contributed by atoms with E-state index in [1.165, 1.54) is 17.3 Å². The summed E-state index contributed by atoms with van der Waals surface area (Å²) in [6, 6.07) is 12.2. The summed E-state index contributed by atoms with van der Waals surface area (Å²) in [4.78, 5) is 52.3. The third-order valence-electron chi connectivity index (χ3n) is 7.60. The topological polar surface area (TPSA) is 135 Å². The van der Waals surface area contributed by atoms with E-state index in [1.54, 1.807) is 23.1 Å². The zero-order chi connectivity index (χ0) is 32.8. The van der Waals surface area contributed by atoms with Crippen LogP contribution in [0.5, 0.6) is 17.2 Å². The van der Waals surface area contributed by atoms with Crippen LogP contribution in [0.2, 0.25) is 0 Å². The summed E-state index contributed by atoms with van der Waals surface area (Å²) < 4.78 is 18.5. The maximum absolute atomic E-state index is 13.7. The van der Waals surface area contributed by atoms with Gasteiger partial charge in [0.25, 0.3) is 11.8 Å². The smallest absolute Gasteiger partial charge is 0.257 e. The molecular formula is C34H42N6O6. The number of amides is 3. The number of ether oxygens (including phenoxy) is 3. The summed E-state index contributed by atoms with van der Waals surface area (Å²) in [5, 5.41) is 6.18. The molecule has 0 unspecified atom stereocenters. The molecule has 1 aromatic heterocycles. The van der Waals surface area contributed by atoms with Crippen molar-refractivity contribution in [3.8, 4) is 17.2 Å². The van der Waals surface area contributed by atoms with Crippen LogP contribution < -0.4 is 20.1 Å². The Kier molecular flexibility index (Phi) is 10.4. The first-order chi connectivity index (χ1) is 22.1. The van der Waals surface area contributed by atoms with Gasteiger partial charge in [0.05, 0.1) is 37.0 Å². The molecule has 2 aliphatic heterocycles. The second-order valence-electron chi connectivity index (χ2n) is 12.1. The second kappa shape index (κ2) is 14.6. The van der Waals surface area contributed by atoms with Crippen LogP contribution in [0.15, 0.2) is 54.9 Å². The second-order valence-corrected chi connectivity index (χ2v) is 12.1. The molecular weight excluding hydrogens is 588 g/mol. The summed E-state index contributed by atoms with van der Waals surface area (Å²) in [5.74, 6) is 1.05. The highest BCUT2D eigenvalue weighted by atomic mass is 16.5. The van der Waals surface area contributed by atoms with Gasteiger partial charge in [0, 0.05) is 49.7 Å². The number of aromatic nitrogens is 2. The number of nitrogens with zero attached hydrogens (tertiary/aromatic N) is 4. The minimum atomic E-state index is -0.511. The van der Waals surface area contributed by atoms with Crippen LogP contribution in [-0.4, -0.2) is 88.0 Å². The van der Waals surface area contributed by atoms with Gasteiger partial charge in [0.2, 0.25) is 11.9 Å². The predicted octanol–water partition coefficient (Wildman–Crippen LogP) is 4.27. The summed E-state index contributed by atoms with van der Waals surface area (Å²) in [6.45, 7) is 10.7. The lowest BCUT2D eigenvalue weighted by Crippen LogP contribution is -2.58. The molecule has 12 heteroatoms. The van der Waals surface area contributed by atoms with Gasteiger partial charge in [0.1, 0.15) is 17.2 Å². The monoisotopic (exact) mass is 630 g/mol. The zero-order valence-electron chi connectivity index (χ0n) is 27.0. The molecule has 2 N–H and O–H groups in total. The molecule has 0 spiro atoms. The number of likely N-dealkylation sites (tertiary alicyclic amines) is 1. The average Bonchev–Trinajstić information content (AvgIpc) is 3.02. The van der Waals surface area contributed by atoms with Gasteiger partial charge < -0.3 is 34.6 Å². The molecule has 0 radical (unpaired) electrons. The fourth-order valence-corrected chi connectivity index (χ4v) is 5.47. The molecule has 3 aromatic rings. The zero-order valence-corrected chi connectivity index (χ0v) is 27.0. The summed E-state index contributed by atoms with van der Waals surface area (Å²) in [7, 11) is 0. The molecule has 0 saturated carbocycles. The van der Waals surface area contributed by atoms with Crippen molar-refractivity contribution in [3.05, 3.63) is 71.5 Å². The lowest BCUT2D eigenvalue weighted by molar-refractivity contribution is -0.124. The van der Waals surface area contributed by atoms with Crippen molar-refractivity contribution in [2.75, 3.05) is 31.5 Å². The van der Waals surface area contributed by atoms with Crippen LogP contribution >= 0.6 is 0 Å². The molecule has 4 bridgehead atoms. The number of hydrogen-bond acceptors (Lipinski definition) is 9. The van der Waals surface area contributed by atoms with Gasteiger partial charge in [-0.05, 0) is 70.9 Å². The lowest BCUT2D eigenvalue weighted by atomic mass is 10.0. The summed E-state index contributed by atoms with van der Waals surface area (Å²) >= 11 is 0. The van der Waals surface area contributed by atoms with Crippen LogP contribution in [0, 0.1) is 0 Å². The van der Waals surface area contributed by atoms with Crippen molar-refractivity contribution in [2.45, 2.75) is 71.9 Å². The van der Waals surface area contributed by atoms with Gasteiger partial charge in [-0.1, -0.05) is 12.1 Å². The van der Waals surface area contributed by atoms with Crippen molar-refractivity contribution < 1.29 is 28.6 Å². The highest BCUT2D eigenvalue weighted by Gasteiger charge is 2.34. The van der Waals surface area contributed by atoms with Gasteiger partial charge in [-0.25, -0.2) is 9.97 Å². The van der Waals surface area contributed by atoms with Gasteiger partial charge in [0.15, 0.2) is 0 Å². The van der Waals surface area contributed by atoms with Crippen molar-refractivity contribution in [2.24, 2.45) is 0 Å². The van der Waals surface area contributed by atoms with E-state index >= 15 is 0 Å². The molecule has 5 rings (SSSR count).